The SMILES string of the molecule is O=C(Nc1ccccc1)Nc1ccc(Oc2cc(Cl)ncn2)cc1.O=C(Nc1ccccc1)Nc1ccc(Oc2cc(Nc3ccccc3F)ncn2)cc1. The second-order valence-electron chi connectivity index (χ2n) is 11.2. The molecule has 0 saturated carbocycles. The molecule has 2 heterocycles. The number of rotatable bonds is 10. The molecule has 55 heavy (non-hydrogen) atoms. The molecule has 7 aromatic rings. The van der Waals surface area contributed by atoms with Crippen LogP contribution in [0.25, 0.3) is 0 Å². The molecule has 0 aliphatic rings. The normalized spacial score (nSPS) is 10.1. The highest BCUT2D eigenvalue weighted by Gasteiger charge is 2.08. The van der Waals surface area contributed by atoms with Crippen molar-refractivity contribution in [3.63, 3.8) is 0 Å². The fraction of sp³-hybridized carbons (Fsp3) is 0. The van der Waals surface area contributed by atoms with Crippen molar-refractivity contribution in [2.75, 3.05) is 26.6 Å². The van der Waals surface area contributed by atoms with Crippen LogP contribution in [0.15, 0.2) is 158 Å². The molecular weight excluding hydrogens is 725 g/mol. The van der Waals surface area contributed by atoms with Crippen molar-refractivity contribution >= 4 is 57.9 Å². The Morgan fingerprint density at radius 1 is 0.509 bits per heavy atom. The van der Waals surface area contributed by atoms with Gasteiger partial charge in [0.2, 0.25) is 11.8 Å². The lowest BCUT2D eigenvalue weighted by molar-refractivity contribution is 0.261. The first-order valence-electron chi connectivity index (χ1n) is 16.5. The number of nitrogens with zero attached hydrogens (tertiary/aromatic N) is 4. The van der Waals surface area contributed by atoms with Gasteiger partial charge in [0.25, 0.3) is 0 Å². The van der Waals surface area contributed by atoms with E-state index in [1.807, 2.05) is 48.5 Å². The van der Waals surface area contributed by atoms with Crippen LogP contribution in [0.3, 0.4) is 0 Å². The molecular formula is C40H31ClFN9O4. The Labute approximate surface area is 319 Å². The summed E-state index contributed by atoms with van der Waals surface area (Å²) in [5, 5.41) is 14.2. The van der Waals surface area contributed by atoms with Gasteiger partial charge in [0.1, 0.15) is 40.9 Å². The summed E-state index contributed by atoms with van der Waals surface area (Å²) in [6.07, 6.45) is 2.64. The molecule has 0 fully saturated rings. The number of urea groups is 2. The van der Waals surface area contributed by atoms with E-state index in [0.29, 0.717) is 51.1 Å². The summed E-state index contributed by atoms with van der Waals surface area (Å²) in [5.74, 6) is 1.73. The molecule has 0 spiro atoms. The van der Waals surface area contributed by atoms with Crippen LogP contribution >= 0.6 is 11.6 Å². The second kappa shape index (κ2) is 18.8. The lowest BCUT2D eigenvalue weighted by Crippen LogP contribution is -2.19. The zero-order valence-corrected chi connectivity index (χ0v) is 29.4. The first-order valence-corrected chi connectivity index (χ1v) is 16.9. The Morgan fingerprint density at radius 2 is 0.945 bits per heavy atom. The predicted molar refractivity (Wildman–Crippen MR) is 210 cm³/mol. The van der Waals surface area contributed by atoms with Gasteiger partial charge in [-0.25, -0.2) is 33.9 Å². The van der Waals surface area contributed by atoms with Crippen LogP contribution in [0, 0.1) is 5.82 Å². The second-order valence-corrected chi connectivity index (χ2v) is 11.6. The smallest absolute Gasteiger partial charge is 0.323 e. The van der Waals surface area contributed by atoms with Gasteiger partial charge in [0.15, 0.2) is 0 Å². The number of hydrogen-bond donors (Lipinski definition) is 5. The van der Waals surface area contributed by atoms with Crippen LogP contribution in [-0.4, -0.2) is 32.0 Å². The van der Waals surface area contributed by atoms with E-state index in [-0.39, 0.29) is 23.8 Å². The molecule has 15 heteroatoms. The third-order valence-electron chi connectivity index (χ3n) is 7.12. The number of anilines is 6. The van der Waals surface area contributed by atoms with E-state index < -0.39 is 0 Å². The van der Waals surface area contributed by atoms with Crippen molar-refractivity contribution in [1.29, 1.82) is 0 Å². The van der Waals surface area contributed by atoms with Crippen LogP contribution in [0.2, 0.25) is 5.15 Å². The Kier molecular flexibility index (Phi) is 12.7. The maximum Gasteiger partial charge on any atom is 0.323 e. The Balaban J connectivity index is 0.000000193. The summed E-state index contributed by atoms with van der Waals surface area (Å²) >= 11 is 5.77. The summed E-state index contributed by atoms with van der Waals surface area (Å²) in [6, 6.07) is 40.7. The molecule has 0 radical (unpaired) electrons. The Hall–Kier alpha value is -7.58. The number of aromatic nitrogens is 4. The molecule has 0 atom stereocenters. The van der Waals surface area contributed by atoms with Crippen LogP contribution in [0.4, 0.5) is 48.2 Å². The Bertz CT molecular complexity index is 2320. The lowest BCUT2D eigenvalue weighted by Gasteiger charge is -2.10. The van der Waals surface area contributed by atoms with Crippen LogP contribution < -0.4 is 36.1 Å². The number of para-hydroxylation sites is 3. The summed E-state index contributed by atoms with van der Waals surface area (Å²) in [7, 11) is 0. The number of benzene rings is 5. The van der Waals surface area contributed by atoms with Crippen molar-refractivity contribution in [2.45, 2.75) is 0 Å². The van der Waals surface area contributed by atoms with E-state index in [4.69, 9.17) is 21.1 Å². The minimum absolute atomic E-state index is 0.288. The number of carbonyl (C=O) groups excluding carboxylic acids is 2. The summed E-state index contributed by atoms with van der Waals surface area (Å²) < 4.78 is 25.1. The standard InChI is InChI=1S/C23H18FN5O2.C17H13ClN4O2/c24-19-8-4-5-9-20(19)29-21-14-22(26-15-25-21)31-18-12-10-17(11-13-18)28-23(30)27-16-6-2-1-3-7-16;18-15-10-16(20-11-19-15)24-14-8-6-13(7-9-14)22-17(23)21-12-4-2-1-3-5-12/h1-15H,(H,25,26,29)(H2,27,28,30);1-11H,(H2,21,22,23). The molecule has 5 aromatic carbocycles. The van der Waals surface area contributed by atoms with Gasteiger partial charge in [0, 0.05) is 34.9 Å². The largest absolute Gasteiger partial charge is 0.439 e. The number of amides is 4. The van der Waals surface area contributed by atoms with Crippen molar-refractivity contribution in [3.05, 3.63) is 169 Å². The van der Waals surface area contributed by atoms with Crippen LogP contribution in [-0.2, 0) is 0 Å². The van der Waals surface area contributed by atoms with E-state index in [9.17, 15) is 14.0 Å². The number of hydrogen-bond acceptors (Lipinski definition) is 9. The third kappa shape index (κ3) is 12.0. The van der Waals surface area contributed by atoms with Gasteiger partial charge in [0.05, 0.1) is 5.69 Å². The maximum absolute atomic E-state index is 13.8. The molecule has 7 rings (SSSR count). The van der Waals surface area contributed by atoms with Gasteiger partial charge >= 0.3 is 12.1 Å². The summed E-state index contributed by atoms with van der Waals surface area (Å²) in [6.45, 7) is 0. The lowest BCUT2D eigenvalue weighted by atomic mass is 10.3. The molecule has 274 valence electrons. The number of carbonyl (C=O) groups is 2. The van der Waals surface area contributed by atoms with Gasteiger partial charge < -0.3 is 36.1 Å². The van der Waals surface area contributed by atoms with Gasteiger partial charge in [-0.1, -0.05) is 60.1 Å². The molecule has 0 saturated heterocycles. The highest BCUT2D eigenvalue weighted by Crippen LogP contribution is 2.25. The average molecular weight is 756 g/mol. The van der Waals surface area contributed by atoms with Gasteiger partial charge in [-0.2, -0.15) is 0 Å². The molecule has 4 amide bonds. The monoisotopic (exact) mass is 755 g/mol. The highest BCUT2D eigenvalue weighted by molar-refractivity contribution is 6.29. The van der Waals surface area contributed by atoms with Gasteiger partial charge in [-0.3, -0.25) is 0 Å². The van der Waals surface area contributed by atoms with Crippen molar-refractivity contribution in [2.24, 2.45) is 0 Å². The van der Waals surface area contributed by atoms with E-state index in [0.717, 1.165) is 5.69 Å². The molecule has 0 bridgehead atoms. The minimum atomic E-state index is -0.386. The molecule has 13 nitrogen and oxygen atoms in total. The average Bonchev–Trinajstić information content (AvgIpc) is 3.18. The van der Waals surface area contributed by atoms with E-state index in [2.05, 4.69) is 46.5 Å². The van der Waals surface area contributed by atoms with Crippen LogP contribution in [0.1, 0.15) is 0 Å². The third-order valence-corrected chi connectivity index (χ3v) is 7.33. The molecule has 2 aromatic heterocycles. The van der Waals surface area contributed by atoms with Crippen molar-refractivity contribution < 1.29 is 23.5 Å². The topological polar surface area (TPSA) is 164 Å². The van der Waals surface area contributed by atoms with Gasteiger partial charge in [-0.15, -0.1) is 0 Å². The van der Waals surface area contributed by atoms with E-state index in [1.54, 1.807) is 84.9 Å². The minimum Gasteiger partial charge on any atom is -0.439 e. The van der Waals surface area contributed by atoms with Crippen molar-refractivity contribution in [3.8, 4) is 23.3 Å². The Morgan fingerprint density at radius 3 is 1.44 bits per heavy atom. The number of ether oxygens (including phenoxy) is 2. The van der Waals surface area contributed by atoms with Crippen LogP contribution in [0.5, 0.6) is 23.3 Å². The molecule has 0 unspecified atom stereocenters. The first kappa shape index (κ1) is 37.2. The predicted octanol–water partition coefficient (Wildman–Crippen LogP) is 10.4. The molecule has 0 aliphatic carbocycles. The van der Waals surface area contributed by atoms with Crippen molar-refractivity contribution in [1.82, 2.24) is 19.9 Å². The summed E-state index contributed by atoms with van der Waals surface area (Å²) in [4.78, 5) is 39.9. The molecule has 0 aliphatic heterocycles. The summed E-state index contributed by atoms with van der Waals surface area (Å²) in [5.41, 5.74) is 2.96. The quantitative estimate of drug-likeness (QED) is 0.0854. The fourth-order valence-corrected chi connectivity index (χ4v) is 4.76. The first-order chi connectivity index (χ1) is 26.8. The zero-order chi connectivity index (χ0) is 38.2. The number of nitrogens with one attached hydrogen (secondary N) is 5. The maximum atomic E-state index is 13.8. The van der Waals surface area contributed by atoms with E-state index >= 15 is 0 Å². The van der Waals surface area contributed by atoms with E-state index in [1.165, 1.54) is 24.8 Å². The highest BCUT2D eigenvalue weighted by atomic mass is 35.5. The van der Waals surface area contributed by atoms with Gasteiger partial charge in [-0.05, 0) is 84.9 Å². The zero-order valence-electron chi connectivity index (χ0n) is 28.7. The number of halogens is 2. The fourth-order valence-electron chi connectivity index (χ4n) is 4.62. The molecule has 5 N–H and O–H groups in total.